The molecular formula is C20H15FN2O2. The van der Waals surface area contributed by atoms with Gasteiger partial charge in [0.2, 0.25) is 0 Å². The number of halogens is 1. The van der Waals surface area contributed by atoms with Gasteiger partial charge in [-0.3, -0.25) is 0 Å². The Kier molecular flexibility index (Phi) is 4.62. The molecule has 0 radical (unpaired) electrons. The molecular weight excluding hydrogens is 319 g/mol. The van der Waals surface area contributed by atoms with E-state index in [1.807, 2.05) is 6.07 Å². The fraction of sp³-hybridized carbons (Fsp3) is 0.100. The fourth-order valence-corrected chi connectivity index (χ4v) is 2.57. The Morgan fingerprint density at radius 1 is 0.960 bits per heavy atom. The van der Waals surface area contributed by atoms with Gasteiger partial charge < -0.3 is 9.47 Å². The molecule has 0 amide bonds. The number of nitriles is 1. The molecule has 3 aromatic rings. The number of rotatable bonds is 4. The molecule has 0 aliphatic heterocycles. The van der Waals surface area contributed by atoms with E-state index in [4.69, 9.17) is 14.7 Å². The second kappa shape index (κ2) is 7.02. The minimum atomic E-state index is -0.322. The second-order valence-electron chi connectivity index (χ2n) is 5.30. The van der Waals surface area contributed by atoms with Crippen molar-refractivity contribution in [3.8, 4) is 40.1 Å². The Balaban J connectivity index is 2.27. The highest BCUT2D eigenvalue weighted by Gasteiger charge is 2.16. The normalized spacial score (nSPS) is 10.2. The van der Waals surface area contributed by atoms with E-state index in [-0.39, 0.29) is 5.82 Å². The Morgan fingerprint density at radius 2 is 1.72 bits per heavy atom. The predicted octanol–water partition coefficient (Wildman–Crippen LogP) is 4.44. The molecule has 0 atom stereocenters. The molecule has 124 valence electrons. The van der Waals surface area contributed by atoms with E-state index < -0.39 is 0 Å². The third kappa shape index (κ3) is 3.29. The van der Waals surface area contributed by atoms with Crippen molar-refractivity contribution < 1.29 is 13.9 Å². The van der Waals surface area contributed by atoms with E-state index in [9.17, 15) is 4.39 Å². The van der Waals surface area contributed by atoms with Gasteiger partial charge in [-0.2, -0.15) is 5.26 Å². The van der Waals surface area contributed by atoms with Crippen molar-refractivity contribution in [1.82, 2.24) is 4.98 Å². The minimum absolute atomic E-state index is 0.322. The van der Waals surface area contributed by atoms with Crippen LogP contribution in [0.5, 0.6) is 11.6 Å². The lowest BCUT2D eigenvalue weighted by Gasteiger charge is -2.14. The minimum Gasteiger partial charge on any atom is -0.491 e. The van der Waals surface area contributed by atoms with Crippen LogP contribution in [0.15, 0.2) is 54.6 Å². The summed E-state index contributed by atoms with van der Waals surface area (Å²) in [6.07, 6.45) is 0. The molecule has 0 aliphatic carbocycles. The molecule has 1 heterocycles. The molecule has 2 aromatic carbocycles. The Bertz CT molecular complexity index is 947. The van der Waals surface area contributed by atoms with Gasteiger partial charge in [0.25, 0.3) is 5.88 Å². The van der Waals surface area contributed by atoms with E-state index in [1.165, 1.54) is 26.4 Å². The van der Waals surface area contributed by atoms with E-state index >= 15 is 0 Å². The Labute approximate surface area is 145 Å². The highest BCUT2D eigenvalue weighted by atomic mass is 19.1. The van der Waals surface area contributed by atoms with Crippen LogP contribution in [0.4, 0.5) is 4.39 Å². The fourth-order valence-electron chi connectivity index (χ4n) is 2.57. The zero-order valence-electron chi connectivity index (χ0n) is 13.8. The molecule has 25 heavy (non-hydrogen) atoms. The predicted molar refractivity (Wildman–Crippen MR) is 92.9 cm³/mol. The molecule has 0 aliphatic rings. The van der Waals surface area contributed by atoms with Crippen molar-refractivity contribution in [2.45, 2.75) is 0 Å². The van der Waals surface area contributed by atoms with Gasteiger partial charge in [-0.15, -0.1) is 0 Å². The van der Waals surface area contributed by atoms with Crippen LogP contribution in [0, 0.1) is 17.1 Å². The van der Waals surface area contributed by atoms with Gasteiger partial charge in [0.15, 0.2) is 5.75 Å². The van der Waals surface area contributed by atoms with Gasteiger partial charge in [0.1, 0.15) is 5.82 Å². The Hall–Kier alpha value is -3.39. The zero-order chi connectivity index (χ0) is 17.8. The van der Waals surface area contributed by atoms with Crippen molar-refractivity contribution in [3.63, 3.8) is 0 Å². The summed E-state index contributed by atoms with van der Waals surface area (Å²) in [7, 11) is 3.04. The van der Waals surface area contributed by atoms with Crippen LogP contribution in [0.1, 0.15) is 5.56 Å². The molecule has 0 saturated heterocycles. The van der Waals surface area contributed by atoms with Crippen LogP contribution in [-0.2, 0) is 0 Å². The lowest BCUT2D eigenvalue weighted by molar-refractivity contribution is 0.343. The summed E-state index contributed by atoms with van der Waals surface area (Å²) in [5, 5.41) is 9.16. The van der Waals surface area contributed by atoms with Crippen molar-refractivity contribution >= 4 is 0 Å². The standard InChI is InChI=1S/C20H15FN2O2/c1-24-18-11-17(15-5-3-4-13(10-15)12-22)19(23-20(18)25-2)14-6-8-16(21)9-7-14/h3-11H,1-2H3. The number of hydrogen-bond acceptors (Lipinski definition) is 4. The molecule has 4 nitrogen and oxygen atoms in total. The molecule has 3 rings (SSSR count). The van der Waals surface area contributed by atoms with E-state index in [1.54, 1.807) is 36.4 Å². The molecule has 0 N–H and O–H groups in total. The second-order valence-corrected chi connectivity index (χ2v) is 5.30. The number of nitrogens with zero attached hydrogens (tertiary/aromatic N) is 2. The molecule has 0 unspecified atom stereocenters. The lowest BCUT2D eigenvalue weighted by atomic mass is 9.97. The van der Waals surface area contributed by atoms with Crippen LogP contribution in [0.3, 0.4) is 0 Å². The van der Waals surface area contributed by atoms with Crippen molar-refractivity contribution in [2.24, 2.45) is 0 Å². The van der Waals surface area contributed by atoms with Crippen LogP contribution in [0.25, 0.3) is 22.4 Å². The zero-order valence-corrected chi connectivity index (χ0v) is 13.8. The summed E-state index contributed by atoms with van der Waals surface area (Å²) in [6, 6.07) is 17.2. The third-order valence-electron chi connectivity index (χ3n) is 3.79. The van der Waals surface area contributed by atoms with Crippen LogP contribution in [-0.4, -0.2) is 19.2 Å². The maximum atomic E-state index is 13.3. The SMILES string of the molecule is COc1cc(-c2cccc(C#N)c2)c(-c2ccc(F)cc2)nc1OC. The van der Waals surface area contributed by atoms with E-state index in [0.717, 1.165) is 16.7 Å². The van der Waals surface area contributed by atoms with Gasteiger partial charge in [0.05, 0.1) is 31.5 Å². The summed E-state index contributed by atoms with van der Waals surface area (Å²) in [5.74, 6) is 0.491. The van der Waals surface area contributed by atoms with Crippen molar-refractivity contribution in [3.05, 3.63) is 66.0 Å². The van der Waals surface area contributed by atoms with Gasteiger partial charge in [0, 0.05) is 11.1 Å². The highest BCUT2D eigenvalue weighted by molar-refractivity contribution is 5.83. The number of benzene rings is 2. The topological polar surface area (TPSA) is 55.1 Å². The highest BCUT2D eigenvalue weighted by Crippen LogP contribution is 2.38. The van der Waals surface area contributed by atoms with E-state index in [2.05, 4.69) is 11.1 Å². The van der Waals surface area contributed by atoms with E-state index in [0.29, 0.717) is 22.9 Å². The first-order valence-electron chi connectivity index (χ1n) is 7.55. The first kappa shape index (κ1) is 16.5. The number of methoxy groups -OCH3 is 2. The molecule has 1 aromatic heterocycles. The first-order chi connectivity index (χ1) is 12.2. The maximum Gasteiger partial charge on any atom is 0.257 e. The molecule has 0 fully saturated rings. The lowest BCUT2D eigenvalue weighted by Crippen LogP contribution is -1.98. The largest absolute Gasteiger partial charge is 0.491 e. The van der Waals surface area contributed by atoms with Gasteiger partial charge in [-0.05, 0) is 48.0 Å². The average Bonchev–Trinajstić information content (AvgIpc) is 2.67. The summed E-state index contributed by atoms with van der Waals surface area (Å²) in [4.78, 5) is 4.54. The number of aromatic nitrogens is 1. The number of ether oxygens (including phenoxy) is 2. The smallest absolute Gasteiger partial charge is 0.257 e. The van der Waals surface area contributed by atoms with Crippen molar-refractivity contribution in [2.75, 3.05) is 14.2 Å². The molecule has 0 spiro atoms. The molecule has 0 saturated carbocycles. The van der Waals surface area contributed by atoms with Crippen LogP contribution < -0.4 is 9.47 Å². The first-order valence-corrected chi connectivity index (χ1v) is 7.55. The summed E-state index contributed by atoms with van der Waals surface area (Å²) in [5.41, 5.74) is 3.47. The maximum absolute atomic E-state index is 13.3. The van der Waals surface area contributed by atoms with Crippen LogP contribution >= 0.6 is 0 Å². The monoisotopic (exact) mass is 334 g/mol. The van der Waals surface area contributed by atoms with Gasteiger partial charge >= 0.3 is 0 Å². The van der Waals surface area contributed by atoms with Gasteiger partial charge in [-0.25, -0.2) is 9.37 Å². The van der Waals surface area contributed by atoms with Crippen LogP contribution in [0.2, 0.25) is 0 Å². The summed E-state index contributed by atoms with van der Waals surface area (Å²) < 4.78 is 23.9. The van der Waals surface area contributed by atoms with Crippen molar-refractivity contribution in [1.29, 1.82) is 5.26 Å². The Morgan fingerprint density at radius 3 is 2.36 bits per heavy atom. The quantitative estimate of drug-likeness (QED) is 0.707. The number of hydrogen-bond donors (Lipinski definition) is 0. The molecule has 5 heteroatoms. The summed E-state index contributed by atoms with van der Waals surface area (Å²) in [6.45, 7) is 0. The number of pyridine rings is 1. The van der Waals surface area contributed by atoms with Gasteiger partial charge in [-0.1, -0.05) is 12.1 Å². The third-order valence-corrected chi connectivity index (χ3v) is 3.79. The molecule has 0 bridgehead atoms. The summed E-state index contributed by atoms with van der Waals surface area (Å²) >= 11 is 0. The average molecular weight is 334 g/mol.